The van der Waals surface area contributed by atoms with Gasteiger partial charge in [0.2, 0.25) is 5.91 Å². The Morgan fingerprint density at radius 1 is 1.26 bits per heavy atom. The number of anilines is 1. The molecule has 0 saturated carbocycles. The fourth-order valence-corrected chi connectivity index (χ4v) is 6.01. The summed E-state index contributed by atoms with van der Waals surface area (Å²) < 4.78 is 27.9. The minimum Gasteiger partial charge on any atom is -0.355 e. The first kappa shape index (κ1) is 20.2. The van der Waals surface area contributed by atoms with E-state index in [-0.39, 0.29) is 5.91 Å². The van der Waals surface area contributed by atoms with Gasteiger partial charge in [-0.25, -0.2) is 8.42 Å². The molecule has 5 nitrogen and oxygen atoms in total. The van der Waals surface area contributed by atoms with Crippen molar-refractivity contribution in [3.8, 4) is 0 Å². The lowest BCUT2D eigenvalue weighted by atomic mass is 9.96. The molecule has 1 aliphatic rings. The molecule has 0 spiro atoms. The third-order valence-corrected chi connectivity index (χ3v) is 8.08. The minimum absolute atomic E-state index is 0.0162. The van der Waals surface area contributed by atoms with Crippen LogP contribution in [0.2, 0.25) is 5.02 Å². The summed E-state index contributed by atoms with van der Waals surface area (Å²) in [6, 6.07) is 8.83. The number of amides is 1. The van der Waals surface area contributed by atoms with Crippen molar-refractivity contribution in [2.75, 3.05) is 17.4 Å². The highest BCUT2D eigenvalue weighted by Crippen LogP contribution is 2.36. The summed E-state index contributed by atoms with van der Waals surface area (Å²) in [5, 5.41) is 3.41. The molecule has 1 aliphatic heterocycles. The molecular weight excluding hydrogens is 404 g/mol. The zero-order valence-electron chi connectivity index (χ0n) is 15.6. The van der Waals surface area contributed by atoms with Crippen molar-refractivity contribution in [1.29, 1.82) is 0 Å². The molecule has 2 heterocycles. The first-order valence-corrected chi connectivity index (χ1v) is 11.4. The molecule has 1 aromatic heterocycles. The van der Waals surface area contributed by atoms with Crippen molar-refractivity contribution in [3.63, 3.8) is 0 Å². The topological polar surface area (TPSA) is 66.5 Å². The van der Waals surface area contributed by atoms with E-state index in [4.69, 9.17) is 11.6 Å². The van der Waals surface area contributed by atoms with E-state index < -0.39 is 15.4 Å². The first-order chi connectivity index (χ1) is 12.6. The number of fused-ring (bicyclic) bond motifs is 1. The predicted octanol–water partition coefficient (Wildman–Crippen LogP) is 3.86. The summed E-state index contributed by atoms with van der Waals surface area (Å²) in [5.41, 5.74) is 1.22. The lowest BCUT2D eigenvalue weighted by Gasteiger charge is -2.18. The average molecular weight is 427 g/mol. The third-order valence-electron chi connectivity index (χ3n) is 4.42. The van der Waals surface area contributed by atoms with Crippen molar-refractivity contribution >= 4 is 44.6 Å². The first-order valence-electron chi connectivity index (χ1n) is 8.77. The molecular formula is C19H23ClN2O3S2. The van der Waals surface area contributed by atoms with Crippen LogP contribution in [0, 0.1) is 5.41 Å². The monoisotopic (exact) mass is 426 g/mol. The van der Waals surface area contributed by atoms with Crippen molar-refractivity contribution in [3.05, 3.63) is 45.8 Å². The largest absolute Gasteiger partial charge is 0.355 e. The summed E-state index contributed by atoms with van der Waals surface area (Å²) >= 11 is 7.30. The highest BCUT2D eigenvalue weighted by Gasteiger charge is 2.32. The van der Waals surface area contributed by atoms with E-state index in [9.17, 15) is 13.2 Å². The van der Waals surface area contributed by atoms with Crippen LogP contribution >= 0.6 is 22.9 Å². The maximum Gasteiger partial charge on any atom is 0.273 e. The molecule has 0 aliphatic carbocycles. The summed E-state index contributed by atoms with van der Waals surface area (Å²) in [5.74, 6) is -0.0162. The van der Waals surface area contributed by atoms with Gasteiger partial charge in [0.15, 0.2) is 0 Å². The van der Waals surface area contributed by atoms with Gasteiger partial charge in [-0.15, -0.1) is 11.3 Å². The Morgan fingerprint density at radius 3 is 2.70 bits per heavy atom. The Kier molecular flexibility index (Phi) is 5.57. The molecule has 1 aromatic carbocycles. The molecule has 3 rings (SSSR count). The van der Waals surface area contributed by atoms with Gasteiger partial charge in [-0.05, 0) is 42.7 Å². The van der Waals surface area contributed by atoms with E-state index in [0.29, 0.717) is 40.9 Å². The number of halogens is 1. The predicted molar refractivity (Wildman–Crippen MR) is 110 cm³/mol. The second kappa shape index (κ2) is 7.45. The van der Waals surface area contributed by atoms with Crippen LogP contribution in [0.3, 0.4) is 0 Å². The SMILES string of the molecule is CC(C)(C)C(=O)NCCc1ccc(S(=O)(=O)N2CCc3ccc(Cl)cc32)s1. The Balaban J connectivity index is 1.71. The number of sulfonamides is 1. The highest BCUT2D eigenvalue weighted by atomic mass is 35.5. The van der Waals surface area contributed by atoms with Gasteiger partial charge in [0.1, 0.15) is 4.21 Å². The fourth-order valence-electron chi connectivity index (χ4n) is 2.88. The number of carbonyl (C=O) groups excluding carboxylic acids is 1. The number of rotatable bonds is 5. The maximum atomic E-state index is 13.1. The van der Waals surface area contributed by atoms with Gasteiger partial charge >= 0.3 is 0 Å². The molecule has 0 atom stereocenters. The van der Waals surface area contributed by atoms with E-state index in [1.165, 1.54) is 15.6 Å². The zero-order chi connectivity index (χ0) is 19.8. The molecule has 0 fully saturated rings. The van der Waals surface area contributed by atoms with Crippen LogP contribution in [-0.2, 0) is 27.7 Å². The zero-order valence-corrected chi connectivity index (χ0v) is 18.0. The summed E-state index contributed by atoms with van der Waals surface area (Å²) in [6.45, 7) is 6.49. The van der Waals surface area contributed by atoms with Crippen LogP contribution in [0.15, 0.2) is 34.5 Å². The van der Waals surface area contributed by atoms with Gasteiger partial charge in [-0.1, -0.05) is 38.4 Å². The Labute approximate surface area is 169 Å². The van der Waals surface area contributed by atoms with Gasteiger partial charge in [-0.2, -0.15) is 0 Å². The van der Waals surface area contributed by atoms with Crippen LogP contribution < -0.4 is 9.62 Å². The highest BCUT2D eigenvalue weighted by molar-refractivity contribution is 7.94. The number of carbonyl (C=O) groups is 1. The van der Waals surface area contributed by atoms with Gasteiger partial charge in [0.05, 0.1) is 5.69 Å². The maximum absolute atomic E-state index is 13.1. The van der Waals surface area contributed by atoms with Crippen LogP contribution in [0.5, 0.6) is 0 Å². The van der Waals surface area contributed by atoms with Crippen molar-refractivity contribution < 1.29 is 13.2 Å². The van der Waals surface area contributed by atoms with Crippen molar-refractivity contribution in [2.45, 2.75) is 37.8 Å². The molecule has 1 amide bonds. The minimum atomic E-state index is -3.61. The molecule has 0 unspecified atom stereocenters. The van der Waals surface area contributed by atoms with Gasteiger partial charge < -0.3 is 5.32 Å². The number of nitrogens with zero attached hydrogens (tertiary/aromatic N) is 1. The molecule has 1 N–H and O–H groups in total. The average Bonchev–Trinajstić information content (AvgIpc) is 3.20. The molecule has 27 heavy (non-hydrogen) atoms. The van der Waals surface area contributed by atoms with Crippen molar-refractivity contribution in [2.24, 2.45) is 5.41 Å². The molecule has 0 saturated heterocycles. The second-order valence-corrected chi connectivity index (χ2v) is 11.3. The lowest BCUT2D eigenvalue weighted by molar-refractivity contribution is -0.128. The van der Waals surface area contributed by atoms with E-state index in [2.05, 4.69) is 5.32 Å². The molecule has 0 bridgehead atoms. The fraction of sp³-hybridized carbons (Fsp3) is 0.421. The molecule has 2 aromatic rings. The third kappa shape index (κ3) is 4.31. The quantitative estimate of drug-likeness (QED) is 0.789. The number of hydrogen-bond donors (Lipinski definition) is 1. The second-order valence-electron chi connectivity index (χ2n) is 7.58. The Bertz CT molecular complexity index is 962. The van der Waals surface area contributed by atoms with Crippen LogP contribution in [0.25, 0.3) is 0 Å². The van der Waals surface area contributed by atoms with Gasteiger partial charge in [0.25, 0.3) is 10.0 Å². The van der Waals surface area contributed by atoms with E-state index in [1.54, 1.807) is 18.2 Å². The number of benzene rings is 1. The summed E-state index contributed by atoms with van der Waals surface area (Å²) in [6.07, 6.45) is 1.28. The number of nitrogens with one attached hydrogen (secondary N) is 1. The van der Waals surface area contributed by atoms with E-state index in [1.807, 2.05) is 32.9 Å². The van der Waals surface area contributed by atoms with E-state index in [0.717, 1.165) is 10.4 Å². The normalized spacial score (nSPS) is 14.3. The lowest BCUT2D eigenvalue weighted by Crippen LogP contribution is -2.35. The van der Waals surface area contributed by atoms with Gasteiger partial charge in [-0.3, -0.25) is 9.10 Å². The standard InChI is InChI=1S/C19H23ClN2O3S2/c1-19(2,3)18(23)21-10-8-15-6-7-17(26-15)27(24,25)22-11-9-13-4-5-14(20)12-16(13)22/h4-7,12H,8-11H2,1-3H3,(H,21,23). The Hall–Kier alpha value is -1.57. The van der Waals surface area contributed by atoms with Crippen LogP contribution in [0.4, 0.5) is 5.69 Å². The van der Waals surface area contributed by atoms with Gasteiger partial charge in [0, 0.05) is 28.4 Å². The smallest absolute Gasteiger partial charge is 0.273 e. The number of hydrogen-bond acceptors (Lipinski definition) is 4. The summed E-state index contributed by atoms with van der Waals surface area (Å²) in [4.78, 5) is 12.8. The van der Waals surface area contributed by atoms with Crippen LogP contribution in [-0.4, -0.2) is 27.4 Å². The molecule has 146 valence electrons. The van der Waals surface area contributed by atoms with Crippen molar-refractivity contribution in [1.82, 2.24) is 5.32 Å². The number of thiophene rings is 1. The van der Waals surface area contributed by atoms with Crippen LogP contribution in [0.1, 0.15) is 31.2 Å². The summed E-state index contributed by atoms with van der Waals surface area (Å²) in [7, 11) is -3.61. The van der Waals surface area contributed by atoms with E-state index >= 15 is 0 Å². The Morgan fingerprint density at radius 2 is 2.00 bits per heavy atom. The molecule has 0 radical (unpaired) electrons. The molecule has 8 heteroatoms.